The van der Waals surface area contributed by atoms with Gasteiger partial charge in [0.05, 0.1) is 0 Å². The Hall–Kier alpha value is -0.0500. The molecule has 0 aliphatic carbocycles. The number of piperidine rings is 1. The Morgan fingerprint density at radius 2 is 2.38 bits per heavy atom. The molecule has 3 heteroatoms. The maximum atomic E-state index is 5.55. The van der Waals surface area contributed by atoms with Gasteiger partial charge >= 0.3 is 0 Å². The molecule has 0 bridgehead atoms. The number of likely N-dealkylation sites (tertiary alicyclic amines) is 1. The fourth-order valence-corrected chi connectivity index (χ4v) is 2.06. The van der Waals surface area contributed by atoms with Gasteiger partial charge in [0.1, 0.15) is 0 Å². The molecular weight excluding hydrogens is 184 g/mol. The molecule has 1 atom stereocenters. The smallest absolute Gasteiger partial charge is 0.0174 e. The van der Waals surface area contributed by atoms with E-state index in [0.717, 1.165) is 19.0 Å². The van der Waals surface area contributed by atoms with Crippen molar-refractivity contribution in [2.75, 3.05) is 26.2 Å². The summed E-state index contributed by atoms with van der Waals surface area (Å²) in [6.07, 6.45) is 5.83. The molecule has 0 spiro atoms. The Bertz CT molecular complexity index is 157. The van der Waals surface area contributed by atoms with Gasteiger partial charge in [-0.1, -0.05) is 17.7 Å². The highest BCUT2D eigenvalue weighted by Gasteiger charge is 2.17. The molecular formula is C10H19ClN2. The molecule has 0 amide bonds. The first-order chi connectivity index (χ1) is 6.36. The minimum atomic E-state index is 0.808. The quantitative estimate of drug-likeness (QED) is 0.754. The Morgan fingerprint density at radius 3 is 3.08 bits per heavy atom. The van der Waals surface area contributed by atoms with E-state index in [1.165, 1.54) is 32.4 Å². The van der Waals surface area contributed by atoms with Crippen molar-refractivity contribution in [1.82, 2.24) is 4.90 Å². The fraction of sp³-hybridized carbons (Fsp3) is 0.800. The van der Waals surface area contributed by atoms with Crippen LogP contribution in [0.15, 0.2) is 11.6 Å². The van der Waals surface area contributed by atoms with Gasteiger partial charge in [-0.15, -0.1) is 0 Å². The number of nitrogens with zero attached hydrogens (tertiary/aromatic N) is 1. The van der Waals surface area contributed by atoms with Gasteiger partial charge in [0, 0.05) is 18.6 Å². The van der Waals surface area contributed by atoms with Crippen LogP contribution in [0.2, 0.25) is 0 Å². The van der Waals surface area contributed by atoms with E-state index in [9.17, 15) is 0 Å². The van der Waals surface area contributed by atoms with Crippen molar-refractivity contribution in [1.29, 1.82) is 0 Å². The second kappa shape index (κ2) is 6.41. The average molecular weight is 203 g/mol. The highest BCUT2D eigenvalue weighted by atomic mass is 35.5. The van der Waals surface area contributed by atoms with Crippen LogP contribution in [0.5, 0.6) is 0 Å². The molecule has 1 rings (SSSR count). The van der Waals surface area contributed by atoms with Gasteiger partial charge in [-0.2, -0.15) is 0 Å². The van der Waals surface area contributed by atoms with E-state index >= 15 is 0 Å². The van der Waals surface area contributed by atoms with Gasteiger partial charge in [-0.3, -0.25) is 4.90 Å². The second-order valence-corrected chi connectivity index (χ2v) is 3.96. The summed E-state index contributed by atoms with van der Waals surface area (Å²) in [7, 11) is 0. The minimum Gasteiger partial charge on any atom is -0.330 e. The van der Waals surface area contributed by atoms with Crippen molar-refractivity contribution in [3.8, 4) is 0 Å². The number of hydrogen-bond acceptors (Lipinski definition) is 2. The zero-order valence-electron chi connectivity index (χ0n) is 8.08. The molecule has 1 fully saturated rings. The fourth-order valence-electron chi connectivity index (χ4n) is 1.98. The summed E-state index contributed by atoms with van der Waals surface area (Å²) < 4.78 is 0. The molecule has 0 aromatic rings. The number of nitrogens with two attached hydrogens (primary N) is 1. The van der Waals surface area contributed by atoms with Crippen LogP contribution in [-0.2, 0) is 0 Å². The molecule has 1 heterocycles. The third-order valence-electron chi connectivity index (χ3n) is 2.63. The first kappa shape index (κ1) is 11.0. The molecule has 76 valence electrons. The predicted molar refractivity (Wildman–Crippen MR) is 57.8 cm³/mol. The van der Waals surface area contributed by atoms with Crippen molar-refractivity contribution < 1.29 is 0 Å². The molecule has 0 saturated carbocycles. The van der Waals surface area contributed by atoms with Crippen molar-refractivity contribution >= 4 is 11.6 Å². The van der Waals surface area contributed by atoms with Crippen LogP contribution in [0.4, 0.5) is 0 Å². The van der Waals surface area contributed by atoms with Gasteiger partial charge in [0.15, 0.2) is 0 Å². The molecule has 0 radical (unpaired) electrons. The van der Waals surface area contributed by atoms with Crippen LogP contribution >= 0.6 is 11.6 Å². The van der Waals surface area contributed by atoms with Crippen molar-refractivity contribution in [2.24, 2.45) is 11.7 Å². The summed E-state index contributed by atoms with van der Waals surface area (Å²) in [5.74, 6) is 0.808. The highest BCUT2D eigenvalue weighted by Crippen LogP contribution is 2.18. The van der Waals surface area contributed by atoms with Crippen molar-refractivity contribution in [3.05, 3.63) is 11.6 Å². The van der Waals surface area contributed by atoms with E-state index < -0.39 is 0 Å². The Kier molecular flexibility index (Phi) is 5.44. The summed E-state index contributed by atoms with van der Waals surface area (Å²) in [5.41, 5.74) is 7.16. The topological polar surface area (TPSA) is 29.3 Å². The summed E-state index contributed by atoms with van der Waals surface area (Å²) in [4.78, 5) is 2.45. The van der Waals surface area contributed by atoms with Crippen molar-refractivity contribution in [2.45, 2.75) is 19.3 Å². The van der Waals surface area contributed by atoms with Crippen LogP contribution < -0.4 is 5.73 Å². The Labute approximate surface area is 85.7 Å². The third-order valence-corrected chi connectivity index (χ3v) is 2.81. The van der Waals surface area contributed by atoms with Crippen LogP contribution in [-0.4, -0.2) is 31.1 Å². The normalized spacial score (nSPS) is 25.5. The SMILES string of the molecule is NCCC1CCCN(CC=CCl)C1. The van der Waals surface area contributed by atoms with Crippen LogP contribution in [0.1, 0.15) is 19.3 Å². The van der Waals surface area contributed by atoms with Gasteiger partial charge in [0.2, 0.25) is 0 Å². The summed E-state index contributed by atoms with van der Waals surface area (Å²) in [6, 6.07) is 0. The molecule has 0 aromatic carbocycles. The zero-order valence-corrected chi connectivity index (χ0v) is 8.84. The van der Waals surface area contributed by atoms with Gasteiger partial charge < -0.3 is 5.73 Å². The zero-order chi connectivity index (χ0) is 9.52. The molecule has 0 aromatic heterocycles. The lowest BCUT2D eigenvalue weighted by Gasteiger charge is -2.31. The van der Waals surface area contributed by atoms with E-state index in [4.69, 9.17) is 17.3 Å². The van der Waals surface area contributed by atoms with Gasteiger partial charge in [-0.05, 0) is 38.3 Å². The molecule has 1 aliphatic heterocycles. The molecule has 1 aliphatic rings. The Balaban J connectivity index is 2.24. The summed E-state index contributed by atoms with van der Waals surface area (Å²) in [5, 5.41) is 0. The summed E-state index contributed by atoms with van der Waals surface area (Å²) >= 11 is 5.49. The van der Waals surface area contributed by atoms with E-state index in [-0.39, 0.29) is 0 Å². The molecule has 2 N–H and O–H groups in total. The van der Waals surface area contributed by atoms with Crippen molar-refractivity contribution in [3.63, 3.8) is 0 Å². The first-order valence-corrected chi connectivity index (χ1v) is 5.48. The molecule has 13 heavy (non-hydrogen) atoms. The maximum Gasteiger partial charge on any atom is 0.0174 e. The predicted octanol–water partition coefficient (Wildman–Crippen LogP) is 1.80. The summed E-state index contributed by atoms with van der Waals surface area (Å²) in [6.45, 7) is 4.22. The largest absolute Gasteiger partial charge is 0.330 e. The lowest BCUT2D eigenvalue weighted by molar-refractivity contribution is 0.186. The number of halogens is 1. The van der Waals surface area contributed by atoms with Crippen LogP contribution in [0, 0.1) is 5.92 Å². The first-order valence-electron chi connectivity index (χ1n) is 5.04. The van der Waals surface area contributed by atoms with Crippen LogP contribution in [0.3, 0.4) is 0 Å². The lowest BCUT2D eigenvalue weighted by Crippen LogP contribution is -2.36. The minimum absolute atomic E-state index is 0.808. The molecule has 1 unspecified atom stereocenters. The number of hydrogen-bond donors (Lipinski definition) is 1. The monoisotopic (exact) mass is 202 g/mol. The maximum absolute atomic E-state index is 5.55. The lowest BCUT2D eigenvalue weighted by atomic mass is 9.95. The molecule has 2 nitrogen and oxygen atoms in total. The van der Waals surface area contributed by atoms with Gasteiger partial charge in [-0.25, -0.2) is 0 Å². The standard InChI is InChI=1S/C10H19ClN2/c11-5-2-8-13-7-1-3-10(9-13)4-6-12/h2,5,10H,1,3-4,6-9,12H2. The van der Waals surface area contributed by atoms with E-state index in [1.54, 1.807) is 5.54 Å². The number of rotatable bonds is 4. The average Bonchev–Trinajstić information content (AvgIpc) is 2.16. The molecule has 1 saturated heterocycles. The van der Waals surface area contributed by atoms with Gasteiger partial charge in [0.25, 0.3) is 0 Å². The van der Waals surface area contributed by atoms with E-state index in [0.29, 0.717) is 0 Å². The second-order valence-electron chi connectivity index (χ2n) is 3.71. The van der Waals surface area contributed by atoms with E-state index in [2.05, 4.69) is 4.90 Å². The third kappa shape index (κ3) is 4.12. The highest BCUT2D eigenvalue weighted by molar-refractivity contribution is 6.25. The van der Waals surface area contributed by atoms with E-state index in [1.807, 2.05) is 6.08 Å². The van der Waals surface area contributed by atoms with Crippen LogP contribution in [0.25, 0.3) is 0 Å². The Morgan fingerprint density at radius 1 is 1.54 bits per heavy atom.